The van der Waals surface area contributed by atoms with E-state index in [1.54, 1.807) is 0 Å². The molecule has 0 amide bonds. The molecule has 0 saturated carbocycles. The third-order valence-electron chi connectivity index (χ3n) is 2.10. The maximum atomic E-state index is 4.10. The minimum Gasteiger partial charge on any atom is -0.311 e. The fourth-order valence-corrected chi connectivity index (χ4v) is 1.22. The third-order valence-corrected chi connectivity index (χ3v) is 2.10. The largest absolute Gasteiger partial charge is 0.311 e. The van der Waals surface area contributed by atoms with E-state index in [4.69, 9.17) is 0 Å². The van der Waals surface area contributed by atoms with Crippen molar-refractivity contribution < 1.29 is 0 Å². The molecule has 15 heavy (non-hydrogen) atoms. The predicted molar refractivity (Wildman–Crippen MR) is 60.6 cm³/mol. The lowest BCUT2D eigenvalue weighted by atomic mass is 10.4. The maximum Gasteiger partial charge on any atom is 0.0964 e. The zero-order valence-electron chi connectivity index (χ0n) is 9.90. The molecule has 0 fully saturated rings. The minimum atomic E-state index is 0.815. The molecule has 0 aliphatic heterocycles. The molecule has 5 heteroatoms. The molecule has 1 heterocycles. The first-order chi connectivity index (χ1) is 7.22. The van der Waals surface area contributed by atoms with E-state index in [0.717, 1.165) is 38.3 Å². The van der Waals surface area contributed by atoms with Gasteiger partial charge in [0.25, 0.3) is 0 Å². The van der Waals surface area contributed by atoms with E-state index in [0.29, 0.717) is 0 Å². The van der Waals surface area contributed by atoms with E-state index in [2.05, 4.69) is 41.5 Å². The van der Waals surface area contributed by atoms with Crippen LogP contribution in [0.15, 0.2) is 6.20 Å². The molecule has 0 saturated heterocycles. The molecule has 0 radical (unpaired) electrons. The van der Waals surface area contributed by atoms with Gasteiger partial charge in [0.1, 0.15) is 0 Å². The number of nitrogens with zero attached hydrogens (tertiary/aromatic N) is 4. The van der Waals surface area contributed by atoms with Gasteiger partial charge in [-0.25, -0.2) is 0 Å². The Kier molecular flexibility index (Phi) is 5.28. The molecule has 86 valence electrons. The summed E-state index contributed by atoms with van der Waals surface area (Å²) in [5.74, 6) is 0. The second kappa shape index (κ2) is 6.53. The predicted octanol–water partition coefficient (Wildman–Crippen LogP) is 0.339. The van der Waals surface area contributed by atoms with Crippen LogP contribution in [0.25, 0.3) is 0 Å². The standard InChI is InChI=1S/C10H21N5/c1-4-5-11-8-10-9-15(13-12-10)7-6-14(2)3/h9,11H,4-8H2,1-3H3. The number of nitrogens with one attached hydrogen (secondary N) is 1. The lowest BCUT2D eigenvalue weighted by Gasteiger charge is -2.07. The first kappa shape index (κ1) is 12.1. The summed E-state index contributed by atoms with van der Waals surface area (Å²) in [7, 11) is 4.11. The first-order valence-electron chi connectivity index (χ1n) is 5.47. The summed E-state index contributed by atoms with van der Waals surface area (Å²) in [5.41, 5.74) is 1.02. The summed E-state index contributed by atoms with van der Waals surface area (Å²) in [5, 5.41) is 11.5. The molecule has 0 aliphatic rings. The summed E-state index contributed by atoms with van der Waals surface area (Å²) < 4.78 is 1.89. The Bertz CT molecular complexity index is 269. The third kappa shape index (κ3) is 4.90. The average Bonchev–Trinajstić information content (AvgIpc) is 2.63. The molecule has 0 aliphatic carbocycles. The van der Waals surface area contributed by atoms with Gasteiger partial charge in [-0.3, -0.25) is 4.68 Å². The van der Waals surface area contributed by atoms with Crippen LogP contribution in [0.5, 0.6) is 0 Å². The van der Waals surface area contributed by atoms with Crippen molar-refractivity contribution in [3.8, 4) is 0 Å². The van der Waals surface area contributed by atoms with Crippen LogP contribution in [0.3, 0.4) is 0 Å². The van der Waals surface area contributed by atoms with Gasteiger partial charge in [0.2, 0.25) is 0 Å². The number of likely N-dealkylation sites (N-methyl/N-ethyl adjacent to an activating group) is 1. The van der Waals surface area contributed by atoms with Crippen molar-refractivity contribution in [2.45, 2.75) is 26.4 Å². The summed E-state index contributed by atoms with van der Waals surface area (Å²) in [6, 6.07) is 0. The summed E-state index contributed by atoms with van der Waals surface area (Å²) >= 11 is 0. The zero-order chi connectivity index (χ0) is 11.1. The molecule has 0 aromatic carbocycles. The lowest BCUT2D eigenvalue weighted by Crippen LogP contribution is -2.18. The second-order valence-electron chi connectivity index (χ2n) is 3.95. The van der Waals surface area contributed by atoms with Crippen molar-refractivity contribution in [3.63, 3.8) is 0 Å². The molecule has 0 bridgehead atoms. The minimum absolute atomic E-state index is 0.815. The Morgan fingerprint density at radius 3 is 2.93 bits per heavy atom. The van der Waals surface area contributed by atoms with Crippen molar-refractivity contribution in [2.24, 2.45) is 0 Å². The summed E-state index contributed by atoms with van der Waals surface area (Å²) in [6.45, 7) is 5.89. The molecular formula is C10H21N5. The van der Waals surface area contributed by atoms with Crippen LogP contribution in [0.2, 0.25) is 0 Å². The number of hydrogen-bond donors (Lipinski definition) is 1. The van der Waals surface area contributed by atoms with Crippen molar-refractivity contribution in [2.75, 3.05) is 27.2 Å². The number of hydrogen-bond acceptors (Lipinski definition) is 4. The van der Waals surface area contributed by atoms with Gasteiger partial charge in [0.05, 0.1) is 12.2 Å². The smallest absolute Gasteiger partial charge is 0.0964 e. The van der Waals surface area contributed by atoms with E-state index < -0.39 is 0 Å². The zero-order valence-corrected chi connectivity index (χ0v) is 9.90. The van der Waals surface area contributed by atoms with Gasteiger partial charge in [0.15, 0.2) is 0 Å². The van der Waals surface area contributed by atoms with Crippen LogP contribution in [0.4, 0.5) is 0 Å². The molecule has 1 aromatic heterocycles. The fraction of sp³-hybridized carbons (Fsp3) is 0.800. The normalized spacial score (nSPS) is 11.2. The Labute approximate surface area is 91.5 Å². The summed E-state index contributed by atoms with van der Waals surface area (Å²) in [6.07, 6.45) is 3.15. The lowest BCUT2D eigenvalue weighted by molar-refractivity contribution is 0.370. The van der Waals surface area contributed by atoms with E-state index >= 15 is 0 Å². The molecular weight excluding hydrogens is 190 g/mol. The molecule has 0 unspecified atom stereocenters. The first-order valence-corrected chi connectivity index (χ1v) is 5.47. The number of aromatic nitrogens is 3. The van der Waals surface area contributed by atoms with Crippen molar-refractivity contribution in [1.82, 2.24) is 25.2 Å². The highest BCUT2D eigenvalue weighted by Gasteiger charge is 2.00. The van der Waals surface area contributed by atoms with Crippen LogP contribution >= 0.6 is 0 Å². The van der Waals surface area contributed by atoms with Gasteiger partial charge in [-0.2, -0.15) is 0 Å². The Morgan fingerprint density at radius 2 is 2.27 bits per heavy atom. The molecule has 0 atom stereocenters. The average molecular weight is 211 g/mol. The summed E-state index contributed by atoms with van der Waals surface area (Å²) in [4.78, 5) is 2.14. The van der Waals surface area contributed by atoms with Gasteiger partial charge < -0.3 is 10.2 Å². The SMILES string of the molecule is CCCNCc1cn(CCN(C)C)nn1. The topological polar surface area (TPSA) is 46.0 Å². The van der Waals surface area contributed by atoms with Crippen LogP contribution in [-0.4, -0.2) is 47.1 Å². The van der Waals surface area contributed by atoms with E-state index in [1.165, 1.54) is 0 Å². The van der Waals surface area contributed by atoms with E-state index in [9.17, 15) is 0 Å². The van der Waals surface area contributed by atoms with Crippen LogP contribution in [0, 0.1) is 0 Å². The Morgan fingerprint density at radius 1 is 1.47 bits per heavy atom. The van der Waals surface area contributed by atoms with Gasteiger partial charge in [0, 0.05) is 19.3 Å². The van der Waals surface area contributed by atoms with E-state index in [1.807, 2.05) is 10.9 Å². The second-order valence-corrected chi connectivity index (χ2v) is 3.95. The highest BCUT2D eigenvalue weighted by atomic mass is 15.4. The Hall–Kier alpha value is -0.940. The van der Waals surface area contributed by atoms with E-state index in [-0.39, 0.29) is 0 Å². The molecule has 1 N–H and O–H groups in total. The van der Waals surface area contributed by atoms with Crippen molar-refractivity contribution >= 4 is 0 Å². The molecule has 5 nitrogen and oxygen atoms in total. The highest BCUT2D eigenvalue weighted by molar-refractivity contribution is 4.91. The molecule has 1 rings (SSSR count). The van der Waals surface area contributed by atoms with Gasteiger partial charge in [-0.1, -0.05) is 12.1 Å². The van der Waals surface area contributed by atoms with Gasteiger partial charge in [-0.15, -0.1) is 5.10 Å². The monoisotopic (exact) mass is 211 g/mol. The van der Waals surface area contributed by atoms with Crippen LogP contribution in [-0.2, 0) is 13.1 Å². The van der Waals surface area contributed by atoms with Gasteiger partial charge in [-0.05, 0) is 27.1 Å². The highest BCUT2D eigenvalue weighted by Crippen LogP contribution is 1.93. The molecule has 1 aromatic rings. The van der Waals surface area contributed by atoms with Crippen LogP contribution < -0.4 is 5.32 Å². The fourth-order valence-electron chi connectivity index (χ4n) is 1.22. The van der Waals surface area contributed by atoms with Gasteiger partial charge >= 0.3 is 0 Å². The Balaban J connectivity index is 2.29. The van der Waals surface area contributed by atoms with Crippen LogP contribution in [0.1, 0.15) is 19.0 Å². The van der Waals surface area contributed by atoms with Crippen molar-refractivity contribution in [3.05, 3.63) is 11.9 Å². The maximum absolute atomic E-state index is 4.10. The quantitative estimate of drug-likeness (QED) is 0.661. The molecule has 0 spiro atoms. The number of rotatable bonds is 7. The van der Waals surface area contributed by atoms with Crippen molar-refractivity contribution in [1.29, 1.82) is 0 Å².